The molecule has 24 heavy (non-hydrogen) atoms. The maximum Gasteiger partial charge on any atom is 0.322 e. The topological polar surface area (TPSA) is 87.7 Å². The summed E-state index contributed by atoms with van der Waals surface area (Å²) >= 11 is 0. The maximum absolute atomic E-state index is 12.4. The van der Waals surface area contributed by atoms with Crippen LogP contribution < -0.4 is 15.4 Å². The lowest BCUT2D eigenvalue weighted by atomic mass is 9.87. The average molecular weight is 331 g/mol. The fourth-order valence-electron chi connectivity index (χ4n) is 3.26. The van der Waals surface area contributed by atoms with E-state index in [1.165, 1.54) is 0 Å². The van der Waals surface area contributed by atoms with Gasteiger partial charge < -0.3 is 15.0 Å². The van der Waals surface area contributed by atoms with E-state index in [-0.39, 0.29) is 11.8 Å². The van der Waals surface area contributed by atoms with E-state index in [2.05, 4.69) is 10.6 Å². The predicted molar refractivity (Wildman–Crippen MR) is 86.5 cm³/mol. The molecule has 2 N–H and O–H groups in total. The lowest BCUT2D eigenvalue weighted by molar-refractivity contribution is -0.135. The van der Waals surface area contributed by atoms with Crippen LogP contribution in [0.1, 0.15) is 24.8 Å². The normalized spacial score (nSPS) is 19.1. The number of benzene rings is 1. The van der Waals surface area contributed by atoms with Gasteiger partial charge >= 0.3 is 6.03 Å². The molecule has 2 heterocycles. The number of nitrogens with one attached hydrogen (secondary N) is 2. The first-order valence-electron chi connectivity index (χ1n) is 8.07. The number of imide groups is 1. The summed E-state index contributed by atoms with van der Waals surface area (Å²) in [5.41, 5.74) is 0.222. The maximum atomic E-state index is 12.4. The predicted octanol–water partition coefficient (Wildman–Crippen LogP) is 0.828. The van der Waals surface area contributed by atoms with Crippen molar-refractivity contribution in [3.05, 3.63) is 29.8 Å². The second kappa shape index (κ2) is 6.51. The molecule has 2 aliphatic heterocycles. The van der Waals surface area contributed by atoms with Gasteiger partial charge in [-0.25, -0.2) is 4.79 Å². The number of carbonyl (C=O) groups excluding carboxylic acids is 3. The summed E-state index contributed by atoms with van der Waals surface area (Å²) < 4.78 is 5.18. The van der Waals surface area contributed by atoms with Crippen LogP contribution in [-0.4, -0.2) is 48.5 Å². The highest BCUT2D eigenvalue weighted by Gasteiger charge is 2.48. The number of rotatable bonds is 4. The number of carbonyl (C=O) groups is 3. The fourth-order valence-corrected chi connectivity index (χ4v) is 3.26. The third-order valence-electron chi connectivity index (χ3n) is 4.75. The molecule has 2 fully saturated rings. The van der Waals surface area contributed by atoms with Gasteiger partial charge in [-0.05, 0) is 37.0 Å². The Morgan fingerprint density at radius 1 is 1.29 bits per heavy atom. The minimum Gasteiger partial charge on any atom is -0.497 e. The van der Waals surface area contributed by atoms with Gasteiger partial charge in [0.2, 0.25) is 5.91 Å². The van der Waals surface area contributed by atoms with E-state index in [0.717, 1.165) is 11.3 Å². The molecule has 0 aliphatic carbocycles. The Morgan fingerprint density at radius 2 is 2.04 bits per heavy atom. The number of hydrogen-bond acceptors (Lipinski definition) is 4. The third-order valence-corrected chi connectivity index (χ3v) is 4.75. The summed E-state index contributed by atoms with van der Waals surface area (Å²) in [5.74, 6) is 0.566. The van der Waals surface area contributed by atoms with Crippen LogP contribution >= 0.6 is 0 Å². The average Bonchev–Trinajstić information content (AvgIpc) is 2.86. The van der Waals surface area contributed by atoms with Crippen molar-refractivity contribution in [1.82, 2.24) is 15.5 Å². The highest BCUT2D eigenvalue weighted by Crippen LogP contribution is 2.26. The van der Waals surface area contributed by atoms with Crippen molar-refractivity contribution < 1.29 is 19.1 Å². The van der Waals surface area contributed by atoms with Crippen molar-refractivity contribution in [1.29, 1.82) is 0 Å². The number of urea groups is 1. The first-order valence-corrected chi connectivity index (χ1v) is 8.07. The Morgan fingerprint density at radius 3 is 2.67 bits per heavy atom. The molecular formula is C17H21N3O4. The SMILES string of the molecule is COc1cccc(CCC(=O)N2CCC3(CC2)NC(=O)NC3=O)c1. The molecule has 0 aromatic heterocycles. The van der Waals surface area contributed by atoms with E-state index in [1.807, 2.05) is 24.3 Å². The van der Waals surface area contributed by atoms with Crippen molar-refractivity contribution in [2.75, 3.05) is 20.2 Å². The lowest BCUT2D eigenvalue weighted by Gasteiger charge is -2.37. The fraction of sp³-hybridized carbons (Fsp3) is 0.471. The largest absolute Gasteiger partial charge is 0.497 e. The Bertz CT molecular complexity index is 666. The smallest absolute Gasteiger partial charge is 0.322 e. The molecule has 0 unspecified atom stereocenters. The summed E-state index contributed by atoms with van der Waals surface area (Å²) in [6.45, 7) is 0.954. The molecule has 0 bridgehead atoms. The number of nitrogens with zero attached hydrogens (tertiary/aromatic N) is 1. The zero-order valence-corrected chi connectivity index (χ0v) is 13.6. The van der Waals surface area contributed by atoms with Crippen LogP contribution in [0.5, 0.6) is 5.75 Å². The highest BCUT2D eigenvalue weighted by molar-refractivity contribution is 6.07. The molecule has 3 rings (SSSR count). The number of methoxy groups -OCH3 is 1. The molecule has 0 radical (unpaired) electrons. The molecule has 2 aliphatic rings. The molecule has 2 saturated heterocycles. The monoisotopic (exact) mass is 331 g/mol. The molecule has 7 nitrogen and oxygen atoms in total. The summed E-state index contributed by atoms with van der Waals surface area (Å²) in [6, 6.07) is 7.23. The number of piperidine rings is 1. The number of likely N-dealkylation sites (tertiary alicyclic amines) is 1. The molecule has 1 spiro atoms. The van der Waals surface area contributed by atoms with E-state index < -0.39 is 11.6 Å². The van der Waals surface area contributed by atoms with Crippen molar-refractivity contribution in [2.45, 2.75) is 31.2 Å². The molecule has 0 atom stereocenters. The Balaban J connectivity index is 1.52. The Hall–Kier alpha value is -2.57. The van der Waals surface area contributed by atoms with Gasteiger partial charge in [0.25, 0.3) is 5.91 Å². The van der Waals surface area contributed by atoms with Crippen LogP contribution in [0.15, 0.2) is 24.3 Å². The number of aryl methyl sites for hydroxylation is 1. The molecule has 0 saturated carbocycles. The minimum atomic E-state index is -0.833. The van der Waals surface area contributed by atoms with E-state index in [9.17, 15) is 14.4 Å². The van der Waals surface area contributed by atoms with Crippen LogP contribution in [0.4, 0.5) is 4.79 Å². The highest BCUT2D eigenvalue weighted by atomic mass is 16.5. The zero-order valence-electron chi connectivity index (χ0n) is 13.6. The van der Waals surface area contributed by atoms with Gasteiger partial charge in [0.05, 0.1) is 7.11 Å². The zero-order chi connectivity index (χ0) is 17.2. The summed E-state index contributed by atoms with van der Waals surface area (Å²) in [4.78, 5) is 37.4. The number of amides is 4. The van der Waals surface area contributed by atoms with E-state index in [4.69, 9.17) is 4.74 Å². The van der Waals surface area contributed by atoms with Gasteiger partial charge in [-0.1, -0.05) is 12.1 Å². The standard InChI is InChI=1S/C17H21N3O4/c1-24-13-4-2-3-12(11-13)5-6-14(21)20-9-7-17(8-10-20)15(22)18-16(23)19-17/h2-4,11H,5-10H2,1H3,(H2,18,19,22,23). The van der Waals surface area contributed by atoms with Crippen molar-refractivity contribution in [3.63, 3.8) is 0 Å². The molecular weight excluding hydrogens is 310 g/mol. The molecule has 4 amide bonds. The van der Waals surface area contributed by atoms with Gasteiger partial charge in [-0.2, -0.15) is 0 Å². The first-order chi connectivity index (χ1) is 11.5. The van der Waals surface area contributed by atoms with Crippen LogP contribution in [0, 0.1) is 0 Å². The van der Waals surface area contributed by atoms with Crippen LogP contribution in [-0.2, 0) is 16.0 Å². The summed E-state index contributed by atoms with van der Waals surface area (Å²) in [6.07, 6.45) is 1.97. The minimum absolute atomic E-state index is 0.0670. The summed E-state index contributed by atoms with van der Waals surface area (Å²) in [5, 5.41) is 4.97. The van der Waals surface area contributed by atoms with E-state index in [1.54, 1.807) is 12.0 Å². The molecule has 128 valence electrons. The Labute approximate surface area is 140 Å². The first kappa shape index (κ1) is 16.3. The van der Waals surface area contributed by atoms with Crippen molar-refractivity contribution >= 4 is 17.8 Å². The molecule has 1 aromatic rings. The van der Waals surface area contributed by atoms with Gasteiger partial charge in [0.1, 0.15) is 11.3 Å². The number of ether oxygens (including phenoxy) is 1. The second-order valence-electron chi connectivity index (χ2n) is 6.22. The van der Waals surface area contributed by atoms with Gasteiger partial charge in [0.15, 0.2) is 0 Å². The quantitative estimate of drug-likeness (QED) is 0.800. The number of hydrogen-bond donors (Lipinski definition) is 2. The second-order valence-corrected chi connectivity index (χ2v) is 6.22. The van der Waals surface area contributed by atoms with Gasteiger partial charge in [-0.3, -0.25) is 14.9 Å². The molecule has 7 heteroatoms. The lowest BCUT2D eigenvalue weighted by Crippen LogP contribution is -2.55. The van der Waals surface area contributed by atoms with Crippen molar-refractivity contribution in [3.8, 4) is 5.75 Å². The Kier molecular flexibility index (Phi) is 4.42. The van der Waals surface area contributed by atoms with E-state index >= 15 is 0 Å². The van der Waals surface area contributed by atoms with Gasteiger partial charge in [0, 0.05) is 19.5 Å². The van der Waals surface area contributed by atoms with E-state index in [0.29, 0.717) is 38.8 Å². The third kappa shape index (κ3) is 3.20. The summed E-state index contributed by atoms with van der Waals surface area (Å²) in [7, 11) is 1.62. The van der Waals surface area contributed by atoms with Crippen molar-refractivity contribution in [2.24, 2.45) is 0 Å². The van der Waals surface area contributed by atoms with Crippen LogP contribution in [0.25, 0.3) is 0 Å². The van der Waals surface area contributed by atoms with Crippen LogP contribution in [0.2, 0.25) is 0 Å². The van der Waals surface area contributed by atoms with Gasteiger partial charge in [-0.15, -0.1) is 0 Å². The molecule has 1 aromatic carbocycles. The van der Waals surface area contributed by atoms with Crippen LogP contribution in [0.3, 0.4) is 0 Å².